The van der Waals surface area contributed by atoms with Gasteiger partial charge < -0.3 is 8.83 Å². The van der Waals surface area contributed by atoms with Crippen LogP contribution in [-0.4, -0.2) is 4.98 Å². The van der Waals surface area contributed by atoms with Crippen molar-refractivity contribution >= 4 is 76.2 Å². The third-order valence-corrected chi connectivity index (χ3v) is 10.5. The van der Waals surface area contributed by atoms with Crippen LogP contribution in [0.2, 0.25) is 0 Å². The Kier molecular flexibility index (Phi) is 5.31. The Morgan fingerprint density at radius 2 is 0.878 bits per heavy atom. The van der Waals surface area contributed by atoms with Crippen LogP contribution >= 0.6 is 0 Å². The van der Waals surface area contributed by atoms with E-state index in [0.29, 0.717) is 0 Å². The summed E-state index contributed by atoms with van der Waals surface area (Å²) in [5.74, 6) is 0. The summed E-state index contributed by atoms with van der Waals surface area (Å²) >= 11 is 0. The molecule has 0 aliphatic carbocycles. The van der Waals surface area contributed by atoms with Crippen LogP contribution in [0.15, 0.2) is 155 Å². The quantitative estimate of drug-likeness (QED) is 0.183. The van der Waals surface area contributed by atoms with Crippen molar-refractivity contribution in [2.75, 3.05) is 0 Å². The molecule has 3 heterocycles. The molecule has 0 amide bonds. The van der Waals surface area contributed by atoms with Gasteiger partial charge in [-0.2, -0.15) is 0 Å². The summed E-state index contributed by atoms with van der Waals surface area (Å²) in [5.41, 5.74) is 11.7. The SMILES string of the molecule is Cc1cc(-c2cccc3c2oc2ccccc23)c2ccc3c(-c4ccncc4)cc(-c4cccc5c4oc4ccccc45)c4ccc1c2c34. The number of hydrogen-bond acceptors (Lipinski definition) is 3. The third kappa shape index (κ3) is 3.64. The molecule has 49 heavy (non-hydrogen) atoms. The zero-order valence-electron chi connectivity index (χ0n) is 26.6. The number of rotatable bonds is 3. The lowest BCUT2D eigenvalue weighted by Gasteiger charge is -2.20. The van der Waals surface area contributed by atoms with Gasteiger partial charge in [-0.1, -0.05) is 103 Å². The van der Waals surface area contributed by atoms with Crippen LogP contribution < -0.4 is 0 Å². The first-order valence-corrected chi connectivity index (χ1v) is 16.7. The lowest BCUT2D eigenvalue weighted by Crippen LogP contribution is -1.94. The number of furan rings is 2. The molecule has 3 heteroatoms. The summed E-state index contributed by atoms with van der Waals surface area (Å²) in [4.78, 5) is 4.35. The largest absolute Gasteiger partial charge is 0.455 e. The molecule has 0 bridgehead atoms. The Labute approximate surface area is 281 Å². The van der Waals surface area contributed by atoms with Crippen LogP contribution in [0.4, 0.5) is 0 Å². The Bertz CT molecular complexity index is 3110. The summed E-state index contributed by atoms with van der Waals surface area (Å²) in [7, 11) is 0. The first-order chi connectivity index (χ1) is 24.2. The summed E-state index contributed by atoms with van der Waals surface area (Å²) in [5, 5.41) is 12.0. The number of benzene rings is 8. The maximum atomic E-state index is 6.62. The number of para-hydroxylation sites is 4. The number of aromatic nitrogens is 1. The minimum atomic E-state index is 0.900. The van der Waals surface area contributed by atoms with Gasteiger partial charge in [-0.05, 0) is 97.4 Å². The molecule has 0 saturated carbocycles. The zero-order chi connectivity index (χ0) is 32.2. The molecule has 11 rings (SSSR count). The van der Waals surface area contributed by atoms with Crippen molar-refractivity contribution in [1.82, 2.24) is 4.98 Å². The van der Waals surface area contributed by atoms with Gasteiger partial charge in [-0.3, -0.25) is 4.98 Å². The standard InChI is InChI=1S/C46H27NO2/c1-26-24-39(36-12-6-10-34-29-8-2-4-14-41(29)48-45(34)36)32-19-18-31-38(27-20-22-47-23-21-27)25-40(33-17-16-28(26)43(32)44(31)33)37-13-7-11-35-30-9-3-5-15-42(30)49-46(35)37/h2-25H,1H3. The van der Waals surface area contributed by atoms with E-state index in [4.69, 9.17) is 8.83 Å². The van der Waals surface area contributed by atoms with Crippen molar-refractivity contribution in [2.45, 2.75) is 6.92 Å². The van der Waals surface area contributed by atoms with E-state index in [0.717, 1.165) is 66.1 Å². The summed E-state index contributed by atoms with van der Waals surface area (Å²) in [6.07, 6.45) is 3.76. The summed E-state index contributed by atoms with van der Waals surface area (Å²) in [6, 6.07) is 47.8. The topological polar surface area (TPSA) is 39.2 Å². The van der Waals surface area contributed by atoms with Gasteiger partial charge in [-0.25, -0.2) is 0 Å². The van der Waals surface area contributed by atoms with E-state index in [2.05, 4.69) is 133 Å². The summed E-state index contributed by atoms with van der Waals surface area (Å²) in [6.45, 7) is 2.23. The molecule has 0 aliphatic heterocycles. The molecule has 0 radical (unpaired) electrons. The van der Waals surface area contributed by atoms with Gasteiger partial charge in [0.25, 0.3) is 0 Å². The Morgan fingerprint density at radius 1 is 0.388 bits per heavy atom. The molecule has 0 atom stereocenters. The molecule has 0 unspecified atom stereocenters. The second kappa shape index (κ2) is 9.79. The van der Waals surface area contributed by atoms with E-state index < -0.39 is 0 Å². The maximum Gasteiger partial charge on any atom is 0.143 e. The molecular weight excluding hydrogens is 599 g/mol. The van der Waals surface area contributed by atoms with E-state index in [1.807, 2.05) is 24.5 Å². The first-order valence-electron chi connectivity index (χ1n) is 16.7. The predicted molar refractivity (Wildman–Crippen MR) is 204 cm³/mol. The summed E-state index contributed by atoms with van der Waals surface area (Å²) < 4.78 is 13.2. The van der Waals surface area contributed by atoms with Crippen LogP contribution in [0.3, 0.4) is 0 Å². The molecule has 0 saturated heterocycles. The number of pyridine rings is 1. The average Bonchev–Trinajstić information content (AvgIpc) is 3.73. The van der Waals surface area contributed by atoms with Gasteiger partial charge in [0.1, 0.15) is 22.3 Å². The van der Waals surface area contributed by atoms with Crippen molar-refractivity contribution in [2.24, 2.45) is 0 Å². The van der Waals surface area contributed by atoms with E-state index in [-0.39, 0.29) is 0 Å². The lowest BCUT2D eigenvalue weighted by atomic mass is 9.83. The molecule has 8 aromatic carbocycles. The third-order valence-electron chi connectivity index (χ3n) is 10.5. The molecule has 0 N–H and O–H groups in total. The van der Waals surface area contributed by atoms with E-state index in [1.54, 1.807) is 0 Å². The Morgan fingerprint density at radius 3 is 1.49 bits per heavy atom. The fourth-order valence-corrected chi connectivity index (χ4v) is 8.30. The Hall–Kier alpha value is -6.45. The van der Waals surface area contributed by atoms with Gasteiger partial charge in [0, 0.05) is 45.1 Å². The van der Waals surface area contributed by atoms with E-state index in [9.17, 15) is 0 Å². The fraction of sp³-hybridized carbons (Fsp3) is 0.0217. The molecule has 228 valence electrons. The molecule has 3 nitrogen and oxygen atoms in total. The smallest absolute Gasteiger partial charge is 0.143 e. The molecule has 0 spiro atoms. The fourth-order valence-electron chi connectivity index (χ4n) is 8.30. The molecule has 0 aliphatic rings. The van der Waals surface area contributed by atoms with Crippen LogP contribution in [0.5, 0.6) is 0 Å². The van der Waals surface area contributed by atoms with Gasteiger partial charge in [0.15, 0.2) is 0 Å². The van der Waals surface area contributed by atoms with Gasteiger partial charge in [0.05, 0.1) is 0 Å². The molecule has 0 fully saturated rings. The van der Waals surface area contributed by atoms with Gasteiger partial charge in [0.2, 0.25) is 0 Å². The second-order valence-electron chi connectivity index (χ2n) is 13.1. The minimum Gasteiger partial charge on any atom is -0.455 e. The van der Waals surface area contributed by atoms with Crippen LogP contribution in [0.25, 0.3) is 110 Å². The number of aryl methyl sites for hydroxylation is 1. The second-order valence-corrected chi connectivity index (χ2v) is 13.1. The monoisotopic (exact) mass is 625 g/mol. The molecule has 11 aromatic rings. The highest BCUT2D eigenvalue weighted by atomic mass is 16.3. The van der Waals surface area contributed by atoms with Crippen molar-refractivity contribution in [3.05, 3.63) is 151 Å². The number of hydrogen-bond donors (Lipinski definition) is 0. The van der Waals surface area contributed by atoms with Crippen molar-refractivity contribution < 1.29 is 8.83 Å². The highest BCUT2D eigenvalue weighted by Gasteiger charge is 2.22. The lowest BCUT2D eigenvalue weighted by molar-refractivity contribution is 0.669. The predicted octanol–water partition coefficient (Wildman–Crippen LogP) is 13.1. The van der Waals surface area contributed by atoms with Crippen molar-refractivity contribution in [3.63, 3.8) is 0 Å². The van der Waals surface area contributed by atoms with Crippen LogP contribution in [0.1, 0.15) is 5.56 Å². The highest BCUT2D eigenvalue weighted by molar-refractivity contribution is 6.31. The first kappa shape index (κ1) is 26.6. The van der Waals surface area contributed by atoms with Crippen LogP contribution in [-0.2, 0) is 0 Å². The number of nitrogens with zero attached hydrogens (tertiary/aromatic N) is 1. The van der Waals surface area contributed by atoms with Gasteiger partial charge >= 0.3 is 0 Å². The van der Waals surface area contributed by atoms with E-state index >= 15 is 0 Å². The zero-order valence-corrected chi connectivity index (χ0v) is 26.6. The minimum absolute atomic E-state index is 0.900. The van der Waals surface area contributed by atoms with E-state index in [1.165, 1.54) is 49.0 Å². The van der Waals surface area contributed by atoms with Crippen LogP contribution in [0, 0.1) is 6.92 Å². The molecular formula is C46H27NO2. The van der Waals surface area contributed by atoms with Gasteiger partial charge in [-0.15, -0.1) is 0 Å². The average molecular weight is 626 g/mol. The molecule has 3 aromatic heterocycles. The normalized spacial score (nSPS) is 12.2. The van der Waals surface area contributed by atoms with Crippen molar-refractivity contribution in [1.29, 1.82) is 0 Å². The maximum absolute atomic E-state index is 6.62. The highest BCUT2D eigenvalue weighted by Crippen LogP contribution is 2.49. The van der Waals surface area contributed by atoms with Crippen molar-refractivity contribution in [3.8, 4) is 33.4 Å². The Balaban J connectivity index is 1.29. The number of fused-ring (bicyclic) bond motifs is 6.